The summed E-state index contributed by atoms with van der Waals surface area (Å²) in [6, 6.07) is 13.9. The van der Waals surface area contributed by atoms with E-state index in [1.54, 1.807) is 0 Å². The van der Waals surface area contributed by atoms with Crippen molar-refractivity contribution in [2.24, 2.45) is 0 Å². The number of anilines is 1. The Bertz CT molecular complexity index is 682. The Hall–Kier alpha value is -1.78. The Balaban J connectivity index is 2.02. The highest BCUT2D eigenvalue weighted by molar-refractivity contribution is 7.99. The zero-order chi connectivity index (χ0) is 15.0. The molecule has 1 aliphatic heterocycles. The maximum atomic E-state index is 12.2. The van der Waals surface area contributed by atoms with Crippen molar-refractivity contribution in [1.82, 2.24) is 0 Å². The molecule has 0 bridgehead atoms. The minimum atomic E-state index is -1.06. The lowest BCUT2D eigenvalue weighted by Crippen LogP contribution is -2.30. The molecule has 0 saturated carbocycles. The van der Waals surface area contributed by atoms with Crippen LogP contribution in [0.1, 0.15) is 21.9 Å². The van der Waals surface area contributed by atoms with Gasteiger partial charge in [-0.25, -0.2) is 0 Å². The van der Waals surface area contributed by atoms with E-state index in [1.165, 1.54) is 11.8 Å². The van der Waals surface area contributed by atoms with Crippen LogP contribution in [0.4, 0.5) is 5.69 Å². The molecule has 2 N–H and O–H groups in total. The van der Waals surface area contributed by atoms with E-state index in [9.17, 15) is 9.90 Å². The quantitative estimate of drug-likeness (QED) is 0.848. The first-order valence-corrected chi connectivity index (χ1v) is 7.75. The molecule has 0 aromatic heterocycles. The number of aliphatic hydroxyl groups is 1. The van der Waals surface area contributed by atoms with Crippen LogP contribution in [0.15, 0.2) is 47.4 Å². The van der Waals surface area contributed by atoms with Crippen LogP contribution in [-0.4, -0.2) is 17.1 Å². The van der Waals surface area contributed by atoms with E-state index in [-0.39, 0.29) is 11.2 Å². The molecule has 0 fully saturated rings. The maximum absolute atomic E-state index is 12.2. The van der Waals surface area contributed by atoms with Crippen LogP contribution in [0.25, 0.3) is 0 Å². The summed E-state index contributed by atoms with van der Waals surface area (Å²) >= 11 is 1.52. The summed E-state index contributed by atoms with van der Waals surface area (Å²) in [4.78, 5) is 13.1. The number of hydrogen-bond donors (Lipinski definition) is 2. The number of nitrogens with one attached hydrogen (secondary N) is 1. The van der Waals surface area contributed by atoms with Gasteiger partial charge in [-0.1, -0.05) is 35.9 Å². The number of aliphatic hydroxyl groups excluding tert-OH is 1. The van der Waals surface area contributed by atoms with E-state index in [1.807, 2.05) is 56.3 Å². The van der Waals surface area contributed by atoms with Gasteiger partial charge in [0, 0.05) is 4.90 Å². The third-order valence-corrected chi connectivity index (χ3v) is 5.00. The summed E-state index contributed by atoms with van der Waals surface area (Å²) in [5, 5.41) is 12.9. The molecule has 4 heteroatoms. The summed E-state index contributed by atoms with van der Waals surface area (Å²) in [6.07, 6.45) is -1.06. The van der Waals surface area contributed by atoms with E-state index in [4.69, 9.17) is 0 Å². The zero-order valence-corrected chi connectivity index (χ0v) is 12.8. The van der Waals surface area contributed by atoms with Crippen LogP contribution in [0.2, 0.25) is 0 Å². The first-order chi connectivity index (χ1) is 10.0. The van der Waals surface area contributed by atoms with Crippen molar-refractivity contribution in [2.75, 3.05) is 5.32 Å². The number of fused-ring (bicyclic) bond motifs is 1. The molecular weight excluding hydrogens is 282 g/mol. The average molecular weight is 299 g/mol. The molecule has 1 heterocycles. The van der Waals surface area contributed by atoms with Crippen LogP contribution in [0, 0.1) is 13.8 Å². The molecule has 1 aliphatic rings. The van der Waals surface area contributed by atoms with Crippen LogP contribution in [0.3, 0.4) is 0 Å². The second-order valence-corrected chi connectivity index (χ2v) is 6.57. The molecule has 3 nitrogen and oxygen atoms in total. The summed E-state index contributed by atoms with van der Waals surface area (Å²) < 4.78 is 0. The van der Waals surface area contributed by atoms with Crippen molar-refractivity contribution in [1.29, 1.82) is 0 Å². The molecule has 2 aromatic carbocycles. The first-order valence-electron chi connectivity index (χ1n) is 6.87. The second-order valence-electron chi connectivity index (χ2n) is 5.38. The maximum Gasteiger partial charge on any atom is 0.254 e. The van der Waals surface area contributed by atoms with Crippen molar-refractivity contribution in [3.05, 3.63) is 59.2 Å². The smallest absolute Gasteiger partial charge is 0.254 e. The topological polar surface area (TPSA) is 49.3 Å². The Morgan fingerprint density at radius 3 is 2.43 bits per heavy atom. The SMILES string of the molecule is Cc1ccc([C@H]2Sc3ccc(C)cc3NC(=O)[C@H]2O)cc1. The lowest BCUT2D eigenvalue weighted by Gasteiger charge is -2.19. The summed E-state index contributed by atoms with van der Waals surface area (Å²) in [5.74, 6) is -0.350. The van der Waals surface area contributed by atoms with Gasteiger partial charge in [0.2, 0.25) is 0 Å². The molecule has 0 aliphatic carbocycles. The molecule has 2 atom stereocenters. The summed E-state index contributed by atoms with van der Waals surface area (Å²) in [5.41, 5.74) is 3.98. The van der Waals surface area contributed by atoms with E-state index in [0.29, 0.717) is 0 Å². The van der Waals surface area contributed by atoms with E-state index >= 15 is 0 Å². The lowest BCUT2D eigenvalue weighted by atomic mass is 10.1. The number of thioether (sulfide) groups is 1. The highest BCUT2D eigenvalue weighted by Gasteiger charge is 2.32. The number of amides is 1. The second kappa shape index (κ2) is 5.54. The number of carbonyl (C=O) groups excluding carboxylic acids is 1. The molecule has 2 aromatic rings. The fourth-order valence-corrected chi connectivity index (χ4v) is 3.60. The van der Waals surface area contributed by atoms with Gasteiger partial charge in [0.25, 0.3) is 5.91 Å². The fourth-order valence-electron chi connectivity index (χ4n) is 2.40. The van der Waals surface area contributed by atoms with Crippen LogP contribution in [-0.2, 0) is 4.79 Å². The molecule has 0 radical (unpaired) electrons. The van der Waals surface area contributed by atoms with Crippen LogP contribution >= 0.6 is 11.8 Å². The minimum Gasteiger partial charge on any atom is -0.382 e. The van der Waals surface area contributed by atoms with Gasteiger partial charge in [0.05, 0.1) is 10.9 Å². The number of hydrogen-bond acceptors (Lipinski definition) is 3. The monoisotopic (exact) mass is 299 g/mol. The molecule has 0 spiro atoms. The molecular formula is C17H17NO2S. The Kier molecular flexibility index (Phi) is 3.74. The minimum absolute atomic E-state index is 0.297. The van der Waals surface area contributed by atoms with Gasteiger partial charge in [0.1, 0.15) is 6.10 Å². The van der Waals surface area contributed by atoms with E-state index < -0.39 is 6.10 Å². The van der Waals surface area contributed by atoms with Gasteiger partial charge >= 0.3 is 0 Å². The van der Waals surface area contributed by atoms with Crippen molar-refractivity contribution < 1.29 is 9.90 Å². The lowest BCUT2D eigenvalue weighted by molar-refractivity contribution is -0.124. The Labute approximate surface area is 128 Å². The zero-order valence-electron chi connectivity index (χ0n) is 12.0. The molecule has 0 unspecified atom stereocenters. The highest BCUT2D eigenvalue weighted by Crippen LogP contribution is 2.43. The first kappa shape index (κ1) is 14.2. The number of rotatable bonds is 1. The van der Waals surface area contributed by atoms with Gasteiger partial charge < -0.3 is 10.4 Å². The fraction of sp³-hybridized carbons (Fsp3) is 0.235. The third-order valence-electron chi connectivity index (χ3n) is 3.61. The standard InChI is InChI=1S/C17H17NO2S/c1-10-3-6-12(7-4-10)16-15(19)17(20)18-13-9-11(2)5-8-14(13)21-16/h3-9,15-16,19H,1-2H3,(H,18,20)/t15-,16+/m0/s1. The normalized spacial score (nSPS) is 21.4. The average Bonchev–Trinajstić information content (AvgIpc) is 2.58. The predicted octanol–water partition coefficient (Wildman–Crippen LogP) is 3.45. The van der Waals surface area contributed by atoms with Gasteiger partial charge in [0.15, 0.2) is 0 Å². The number of benzene rings is 2. The van der Waals surface area contributed by atoms with E-state index in [2.05, 4.69) is 5.32 Å². The summed E-state index contributed by atoms with van der Waals surface area (Å²) in [7, 11) is 0. The van der Waals surface area contributed by atoms with Crippen molar-refractivity contribution >= 4 is 23.4 Å². The highest BCUT2D eigenvalue weighted by atomic mass is 32.2. The van der Waals surface area contributed by atoms with Crippen LogP contribution < -0.4 is 5.32 Å². The van der Waals surface area contributed by atoms with Gasteiger partial charge in [-0.15, -0.1) is 11.8 Å². The molecule has 108 valence electrons. The third kappa shape index (κ3) is 2.82. The van der Waals surface area contributed by atoms with Crippen molar-refractivity contribution in [3.63, 3.8) is 0 Å². The molecule has 3 rings (SSSR count). The predicted molar refractivity (Wildman–Crippen MR) is 85.6 cm³/mol. The number of aryl methyl sites for hydroxylation is 2. The van der Waals surface area contributed by atoms with Gasteiger partial charge in [-0.2, -0.15) is 0 Å². The Morgan fingerprint density at radius 2 is 1.71 bits per heavy atom. The van der Waals surface area contributed by atoms with Crippen LogP contribution in [0.5, 0.6) is 0 Å². The molecule has 21 heavy (non-hydrogen) atoms. The largest absolute Gasteiger partial charge is 0.382 e. The van der Waals surface area contributed by atoms with Crippen molar-refractivity contribution in [2.45, 2.75) is 30.1 Å². The van der Waals surface area contributed by atoms with Crippen molar-refractivity contribution in [3.8, 4) is 0 Å². The van der Waals surface area contributed by atoms with Gasteiger partial charge in [-0.05, 0) is 37.1 Å². The Morgan fingerprint density at radius 1 is 1.05 bits per heavy atom. The van der Waals surface area contributed by atoms with E-state index in [0.717, 1.165) is 27.3 Å². The number of carbonyl (C=O) groups is 1. The van der Waals surface area contributed by atoms with Gasteiger partial charge in [-0.3, -0.25) is 4.79 Å². The summed E-state index contributed by atoms with van der Waals surface area (Å²) in [6.45, 7) is 4.00. The molecule has 0 saturated heterocycles. The molecule has 1 amide bonds.